The maximum Gasteiger partial charge on any atom is 0.220 e. The minimum Gasteiger partial charge on any atom is -0.355 e. The van der Waals surface area contributed by atoms with Crippen molar-refractivity contribution >= 4 is 11.7 Å². The average Bonchev–Trinajstić information content (AvgIpc) is 2.39. The van der Waals surface area contributed by atoms with E-state index in [2.05, 4.69) is 15.2 Å². The van der Waals surface area contributed by atoms with Crippen LogP contribution < -0.4 is 10.2 Å². The lowest BCUT2D eigenvalue weighted by Crippen LogP contribution is -2.48. The number of nitrogens with zero attached hydrogens (tertiary/aromatic N) is 2. The van der Waals surface area contributed by atoms with E-state index in [1.165, 1.54) is 0 Å². The second-order valence-electron chi connectivity index (χ2n) is 5.24. The molecule has 1 amide bonds. The van der Waals surface area contributed by atoms with Gasteiger partial charge in [0.05, 0.1) is 0 Å². The first-order chi connectivity index (χ1) is 9.19. The molecule has 1 N–H and O–H groups in total. The summed E-state index contributed by atoms with van der Waals surface area (Å²) in [5.41, 5.74) is 1.04. The molecular weight excluding hydrogens is 238 g/mol. The van der Waals surface area contributed by atoms with Crippen LogP contribution in [0.1, 0.15) is 38.3 Å². The van der Waals surface area contributed by atoms with Crippen LogP contribution in [0.4, 0.5) is 5.82 Å². The fraction of sp³-hybridized carbons (Fsp3) is 0.600. The van der Waals surface area contributed by atoms with Gasteiger partial charge >= 0.3 is 0 Å². The van der Waals surface area contributed by atoms with E-state index in [1.54, 1.807) is 0 Å². The first kappa shape index (κ1) is 13.8. The highest BCUT2D eigenvalue weighted by atomic mass is 16.1. The molecule has 4 heteroatoms. The van der Waals surface area contributed by atoms with Crippen molar-refractivity contribution in [2.24, 2.45) is 0 Å². The molecule has 0 spiro atoms. The summed E-state index contributed by atoms with van der Waals surface area (Å²) in [7, 11) is 0. The Morgan fingerprint density at radius 2 is 2.37 bits per heavy atom. The minimum atomic E-state index is 0.173. The molecule has 1 unspecified atom stereocenters. The monoisotopic (exact) mass is 261 g/mol. The third kappa shape index (κ3) is 3.94. The van der Waals surface area contributed by atoms with Crippen molar-refractivity contribution in [3.63, 3.8) is 0 Å². The van der Waals surface area contributed by atoms with Crippen LogP contribution in [-0.4, -0.2) is 30.0 Å². The van der Waals surface area contributed by atoms with Crippen LogP contribution in [-0.2, 0) is 4.79 Å². The summed E-state index contributed by atoms with van der Waals surface area (Å²) >= 11 is 0. The topological polar surface area (TPSA) is 45.2 Å². The van der Waals surface area contributed by atoms with Gasteiger partial charge in [-0.3, -0.25) is 4.79 Å². The third-order valence-electron chi connectivity index (χ3n) is 3.46. The van der Waals surface area contributed by atoms with Crippen molar-refractivity contribution in [1.82, 2.24) is 10.3 Å². The number of anilines is 1. The van der Waals surface area contributed by atoms with Crippen molar-refractivity contribution in [1.29, 1.82) is 0 Å². The predicted molar refractivity (Wildman–Crippen MR) is 77.3 cm³/mol. The second-order valence-corrected chi connectivity index (χ2v) is 5.24. The van der Waals surface area contributed by atoms with Gasteiger partial charge in [-0.1, -0.05) is 13.0 Å². The zero-order chi connectivity index (χ0) is 13.7. The molecule has 1 aliphatic heterocycles. The quantitative estimate of drug-likeness (QED) is 0.904. The Morgan fingerprint density at radius 3 is 3.11 bits per heavy atom. The van der Waals surface area contributed by atoms with E-state index in [1.807, 2.05) is 32.0 Å². The lowest BCUT2D eigenvalue weighted by Gasteiger charge is -2.34. The molecule has 2 rings (SSSR count). The number of aromatic nitrogens is 1. The minimum absolute atomic E-state index is 0.173. The zero-order valence-corrected chi connectivity index (χ0v) is 11.9. The number of hydrogen-bond donors (Lipinski definition) is 1. The van der Waals surface area contributed by atoms with Gasteiger partial charge in [0.15, 0.2) is 0 Å². The number of carbonyl (C=O) groups excluding carboxylic acids is 1. The van der Waals surface area contributed by atoms with Crippen molar-refractivity contribution in [2.75, 3.05) is 18.0 Å². The van der Waals surface area contributed by atoms with Crippen LogP contribution in [0.2, 0.25) is 0 Å². The smallest absolute Gasteiger partial charge is 0.220 e. The van der Waals surface area contributed by atoms with Crippen molar-refractivity contribution in [3.8, 4) is 0 Å². The Bertz CT molecular complexity index is 433. The number of amides is 1. The van der Waals surface area contributed by atoms with Crippen LogP contribution in [0.5, 0.6) is 0 Å². The van der Waals surface area contributed by atoms with E-state index in [9.17, 15) is 4.79 Å². The normalized spacial score (nSPS) is 19.3. The number of carbonyl (C=O) groups is 1. The van der Waals surface area contributed by atoms with Gasteiger partial charge in [0.25, 0.3) is 0 Å². The Hall–Kier alpha value is -1.58. The largest absolute Gasteiger partial charge is 0.355 e. The summed E-state index contributed by atoms with van der Waals surface area (Å²) in [4.78, 5) is 18.5. The van der Waals surface area contributed by atoms with Gasteiger partial charge in [0.2, 0.25) is 5.91 Å². The molecule has 1 fully saturated rings. The molecule has 1 aliphatic rings. The first-order valence-electron chi connectivity index (χ1n) is 7.17. The molecule has 2 heterocycles. The number of nitrogens with one attached hydrogen (secondary N) is 1. The van der Waals surface area contributed by atoms with E-state index in [-0.39, 0.29) is 11.9 Å². The fourth-order valence-corrected chi connectivity index (χ4v) is 2.53. The Labute approximate surface area is 115 Å². The van der Waals surface area contributed by atoms with Crippen LogP contribution >= 0.6 is 0 Å². The average molecular weight is 261 g/mol. The molecule has 104 valence electrons. The molecule has 1 aromatic heterocycles. The molecule has 0 aliphatic carbocycles. The summed E-state index contributed by atoms with van der Waals surface area (Å²) in [5, 5.41) is 3.13. The molecule has 19 heavy (non-hydrogen) atoms. The zero-order valence-electron chi connectivity index (χ0n) is 11.9. The van der Waals surface area contributed by atoms with Gasteiger partial charge in [-0.15, -0.1) is 0 Å². The summed E-state index contributed by atoms with van der Waals surface area (Å²) in [6.45, 7) is 5.93. The van der Waals surface area contributed by atoms with Crippen LogP contribution in [0, 0.1) is 6.92 Å². The Morgan fingerprint density at radius 1 is 1.53 bits per heavy atom. The molecule has 0 saturated carbocycles. The number of aryl methyl sites for hydroxylation is 1. The van der Waals surface area contributed by atoms with Gasteiger partial charge in [-0.25, -0.2) is 4.98 Å². The molecule has 1 aromatic rings. The molecule has 4 nitrogen and oxygen atoms in total. The van der Waals surface area contributed by atoms with E-state index in [0.717, 1.165) is 43.9 Å². The number of piperidine rings is 1. The molecular formula is C15H23N3O. The summed E-state index contributed by atoms with van der Waals surface area (Å²) in [6.07, 6.45) is 3.70. The second kappa shape index (κ2) is 6.55. The molecule has 1 atom stereocenters. The maximum absolute atomic E-state index is 11.7. The van der Waals surface area contributed by atoms with Crippen molar-refractivity contribution < 1.29 is 4.79 Å². The van der Waals surface area contributed by atoms with Gasteiger partial charge in [0, 0.05) is 31.2 Å². The first-order valence-corrected chi connectivity index (χ1v) is 7.17. The number of rotatable bonds is 4. The standard InChI is InChI=1S/C15H23N3O/c1-3-6-15(19)17-13-8-5-10-18(11-13)14-9-4-7-12(2)16-14/h4,7,9,13H,3,5-6,8,10-11H2,1-2H3,(H,17,19). The highest BCUT2D eigenvalue weighted by Gasteiger charge is 2.21. The SMILES string of the molecule is CCCC(=O)NC1CCCN(c2cccc(C)n2)C1. The van der Waals surface area contributed by atoms with E-state index in [4.69, 9.17) is 0 Å². The molecule has 1 saturated heterocycles. The predicted octanol–water partition coefficient (Wildman–Crippen LogP) is 2.28. The highest BCUT2D eigenvalue weighted by Crippen LogP contribution is 2.18. The Kier molecular flexibility index (Phi) is 4.77. The van der Waals surface area contributed by atoms with Gasteiger partial charge in [-0.05, 0) is 38.3 Å². The summed E-state index contributed by atoms with van der Waals surface area (Å²) in [6, 6.07) is 6.35. The third-order valence-corrected chi connectivity index (χ3v) is 3.46. The van der Waals surface area contributed by atoms with Crippen LogP contribution in [0.3, 0.4) is 0 Å². The van der Waals surface area contributed by atoms with Gasteiger partial charge in [0.1, 0.15) is 5.82 Å². The number of hydrogen-bond acceptors (Lipinski definition) is 3. The van der Waals surface area contributed by atoms with Crippen LogP contribution in [0.15, 0.2) is 18.2 Å². The summed E-state index contributed by atoms with van der Waals surface area (Å²) < 4.78 is 0. The number of pyridine rings is 1. The molecule has 0 bridgehead atoms. The maximum atomic E-state index is 11.7. The van der Waals surface area contributed by atoms with Gasteiger partial charge < -0.3 is 10.2 Å². The fourth-order valence-electron chi connectivity index (χ4n) is 2.53. The molecule has 0 radical (unpaired) electrons. The van der Waals surface area contributed by atoms with Crippen molar-refractivity contribution in [3.05, 3.63) is 23.9 Å². The van der Waals surface area contributed by atoms with E-state index >= 15 is 0 Å². The lowest BCUT2D eigenvalue weighted by molar-refractivity contribution is -0.121. The van der Waals surface area contributed by atoms with Crippen molar-refractivity contribution in [2.45, 2.75) is 45.6 Å². The highest BCUT2D eigenvalue weighted by molar-refractivity contribution is 5.76. The summed E-state index contributed by atoms with van der Waals surface area (Å²) in [5.74, 6) is 1.20. The van der Waals surface area contributed by atoms with E-state index in [0.29, 0.717) is 6.42 Å². The van der Waals surface area contributed by atoms with Crippen LogP contribution in [0.25, 0.3) is 0 Å². The lowest BCUT2D eigenvalue weighted by atomic mass is 10.1. The Balaban J connectivity index is 1.95. The van der Waals surface area contributed by atoms with E-state index < -0.39 is 0 Å². The molecule has 0 aromatic carbocycles. The van der Waals surface area contributed by atoms with Gasteiger partial charge in [-0.2, -0.15) is 0 Å².